The molecule has 0 aliphatic heterocycles. The normalized spacial score (nSPS) is 15.7. The highest BCUT2D eigenvalue weighted by Gasteiger charge is 2.29. The minimum Gasteiger partial charge on any atom is -0.352 e. The van der Waals surface area contributed by atoms with Gasteiger partial charge in [-0.1, -0.05) is 11.6 Å². The lowest BCUT2D eigenvalue weighted by atomic mass is 10.1. The highest BCUT2D eigenvalue weighted by atomic mass is 35.5. The van der Waals surface area contributed by atoms with E-state index in [1.807, 2.05) is 0 Å². The Hall–Kier alpha value is -1.60. The van der Waals surface area contributed by atoms with E-state index < -0.39 is 21.8 Å². The lowest BCUT2D eigenvalue weighted by Gasteiger charge is -2.18. The van der Waals surface area contributed by atoms with Crippen LogP contribution in [-0.2, 0) is 14.6 Å². The van der Waals surface area contributed by atoms with E-state index in [1.165, 1.54) is 0 Å². The average Bonchev–Trinajstić information content (AvgIpc) is 3.26. The summed E-state index contributed by atoms with van der Waals surface area (Å²) in [5.74, 6) is -0.957. The molecule has 126 valence electrons. The summed E-state index contributed by atoms with van der Waals surface area (Å²) in [6, 6.07) is 5.50. The van der Waals surface area contributed by atoms with E-state index in [4.69, 9.17) is 11.6 Å². The fourth-order valence-electron chi connectivity index (χ4n) is 1.97. The van der Waals surface area contributed by atoms with Gasteiger partial charge in [-0.05, 0) is 43.5 Å². The van der Waals surface area contributed by atoms with Crippen LogP contribution in [0.3, 0.4) is 0 Å². The summed E-state index contributed by atoms with van der Waals surface area (Å²) in [7, 11) is -3.22. The van der Waals surface area contributed by atoms with E-state index in [0.29, 0.717) is 10.6 Å². The summed E-state index contributed by atoms with van der Waals surface area (Å²) in [6.07, 6.45) is 2.96. The lowest BCUT2D eigenvalue weighted by Crippen LogP contribution is -2.48. The minimum absolute atomic E-state index is 0.0384. The zero-order valence-corrected chi connectivity index (χ0v) is 14.3. The lowest BCUT2D eigenvalue weighted by molar-refractivity contribution is -0.123. The number of hydrogen-bond donors (Lipinski definition) is 2. The number of carbonyl (C=O) groups excluding carboxylic acids is 2. The van der Waals surface area contributed by atoms with Crippen molar-refractivity contribution in [3.63, 3.8) is 0 Å². The third kappa shape index (κ3) is 6.19. The highest BCUT2D eigenvalue weighted by Crippen LogP contribution is 2.19. The molecule has 0 spiro atoms. The Labute approximate surface area is 140 Å². The first-order valence-electron chi connectivity index (χ1n) is 7.29. The summed E-state index contributed by atoms with van der Waals surface area (Å²) in [6.45, 7) is 0. The van der Waals surface area contributed by atoms with Crippen LogP contribution >= 0.6 is 11.6 Å². The Kier molecular flexibility index (Phi) is 5.64. The van der Waals surface area contributed by atoms with Gasteiger partial charge in [-0.3, -0.25) is 9.59 Å². The van der Waals surface area contributed by atoms with Crippen LogP contribution in [0.4, 0.5) is 0 Å². The van der Waals surface area contributed by atoms with Gasteiger partial charge in [0, 0.05) is 22.9 Å². The van der Waals surface area contributed by atoms with Crippen LogP contribution in [0.1, 0.15) is 29.6 Å². The molecule has 1 aliphatic carbocycles. The van der Waals surface area contributed by atoms with Crippen molar-refractivity contribution in [2.75, 3.05) is 12.0 Å². The number of hydrogen-bond acceptors (Lipinski definition) is 4. The predicted molar refractivity (Wildman–Crippen MR) is 88.2 cm³/mol. The van der Waals surface area contributed by atoms with Gasteiger partial charge in [-0.25, -0.2) is 8.42 Å². The molecule has 0 radical (unpaired) electrons. The Morgan fingerprint density at radius 3 is 2.39 bits per heavy atom. The molecule has 2 rings (SSSR count). The van der Waals surface area contributed by atoms with Crippen molar-refractivity contribution in [3.05, 3.63) is 34.9 Å². The molecule has 1 aromatic carbocycles. The first-order valence-corrected chi connectivity index (χ1v) is 9.73. The zero-order valence-electron chi connectivity index (χ0n) is 12.7. The number of rotatable bonds is 7. The summed E-state index contributed by atoms with van der Waals surface area (Å²) in [5.41, 5.74) is 0.359. The SMILES string of the molecule is CS(=O)(=O)CC[C@@H](NC(=O)c1ccc(Cl)cc1)C(=O)NC1CC1. The van der Waals surface area contributed by atoms with E-state index >= 15 is 0 Å². The van der Waals surface area contributed by atoms with Crippen LogP contribution in [0.5, 0.6) is 0 Å². The number of sulfone groups is 1. The van der Waals surface area contributed by atoms with Gasteiger partial charge in [-0.15, -0.1) is 0 Å². The minimum atomic E-state index is -3.22. The molecule has 8 heteroatoms. The van der Waals surface area contributed by atoms with Gasteiger partial charge in [0.25, 0.3) is 5.91 Å². The Morgan fingerprint density at radius 2 is 1.87 bits per heavy atom. The van der Waals surface area contributed by atoms with Crippen molar-refractivity contribution in [1.29, 1.82) is 0 Å². The average molecular weight is 359 g/mol. The van der Waals surface area contributed by atoms with Crippen LogP contribution < -0.4 is 10.6 Å². The molecule has 0 aromatic heterocycles. The number of amides is 2. The van der Waals surface area contributed by atoms with Crippen LogP contribution in [-0.4, -0.2) is 44.3 Å². The quantitative estimate of drug-likeness (QED) is 0.764. The number of carbonyl (C=O) groups is 2. The second-order valence-electron chi connectivity index (χ2n) is 5.73. The third-order valence-corrected chi connectivity index (χ3v) is 4.66. The van der Waals surface area contributed by atoms with Gasteiger partial charge in [0.2, 0.25) is 5.91 Å². The van der Waals surface area contributed by atoms with Crippen LogP contribution in [0, 0.1) is 0 Å². The molecule has 2 N–H and O–H groups in total. The fraction of sp³-hybridized carbons (Fsp3) is 0.467. The Bertz CT molecular complexity index is 684. The number of benzene rings is 1. The van der Waals surface area contributed by atoms with E-state index in [-0.39, 0.29) is 24.1 Å². The first-order chi connectivity index (χ1) is 10.7. The number of halogens is 1. The standard InChI is InChI=1S/C15H19ClN2O4S/c1-23(21,22)9-8-13(15(20)17-12-6-7-12)18-14(19)10-2-4-11(16)5-3-10/h2-5,12-13H,6-9H2,1H3,(H,17,20)(H,18,19)/t13-/m1/s1. The second-order valence-corrected chi connectivity index (χ2v) is 8.43. The smallest absolute Gasteiger partial charge is 0.251 e. The molecular weight excluding hydrogens is 340 g/mol. The molecule has 1 fully saturated rings. The molecule has 6 nitrogen and oxygen atoms in total. The molecule has 23 heavy (non-hydrogen) atoms. The van der Waals surface area contributed by atoms with Gasteiger partial charge in [-0.2, -0.15) is 0 Å². The Morgan fingerprint density at radius 1 is 1.26 bits per heavy atom. The second kappa shape index (κ2) is 7.31. The molecule has 2 amide bonds. The van der Waals surface area contributed by atoms with Crippen molar-refractivity contribution in [2.24, 2.45) is 0 Å². The summed E-state index contributed by atoms with van der Waals surface area (Å²) in [4.78, 5) is 24.4. The van der Waals surface area contributed by atoms with Gasteiger partial charge < -0.3 is 10.6 Å². The van der Waals surface area contributed by atoms with Crippen LogP contribution in [0.2, 0.25) is 5.02 Å². The van der Waals surface area contributed by atoms with E-state index in [0.717, 1.165) is 19.1 Å². The van der Waals surface area contributed by atoms with Crippen LogP contribution in [0.25, 0.3) is 0 Å². The van der Waals surface area contributed by atoms with Crippen LogP contribution in [0.15, 0.2) is 24.3 Å². The summed E-state index contributed by atoms with van der Waals surface area (Å²) in [5, 5.41) is 5.89. The molecule has 1 aromatic rings. The summed E-state index contributed by atoms with van der Waals surface area (Å²) < 4.78 is 22.7. The maximum Gasteiger partial charge on any atom is 0.251 e. The molecule has 1 atom stereocenters. The van der Waals surface area contributed by atoms with E-state index in [2.05, 4.69) is 10.6 Å². The topological polar surface area (TPSA) is 92.3 Å². The molecule has 0 heterocycles. The molecule has 0 saturated heterocycles. The summed E-state index contributed by atoms with van der Waals surface area (Å²) >= 11 is 5.77. The Balaban J connectivity index is 2.03. The van der Waals surface area contributed by atoms with Crippen molar-refractivity contribution in [3.8, 4) is 0 Å². The molecule has 0 bridgehead atoms. The van der Waals surface area contributed by atoms with Gasteiger partial charge in [0.1, 0.15) is 15.9 Å². The monoisotopic (exact) mass is 358 g/mol. The van der Waals surface area contributed by atoms with Gasteiger partial charge >= 0.3 is 0 Å². The molecule has 1 aliphatic rings. The third-order valence-electron chi connectivity index (χ3n) is 3.43. The van der Waals surface area contributed by atoms with E-state index in [9.17, 15) is 18.0 Å². The fourth-order valence-corrected chi connectivity index (χ4v) is 2.76. The molecular formula is C15H19ClN2O4S. The maximum atomic E-state index is 12.2. The largest absolute Gasteiger partial charge is 0.352 e. The van der Waals surface area contributed by atoms with E-state index in [1.54, 1.807) is 24.3 Å². The first kappa shape index (κ1) is 17.7. The van der Waals surface area contributed by atoms with Crippen molar-refractivity contribution >= 4 is 33.3 Å². The predicted octanol–water partition coefficient (Wildman–Crippen LogP) is 1.15. The number of nitrogens with one attached hydrogen (secondary N) is 2. The van der Waals surface area contributed by atoms with Gasteiger partial charge in [0.15, 0.2) is 0 Å². The highest BCUT2D eigenvalue weighted by molar-refractivity contribution is 7.90. The van der Waals surface area contributed by atoms with Gasteiger partial charge in [0.05, 0.1) is 5.75 Å². The van der Waals surface area contributed by atoms with Crippen molar-refractivity contribution in [2.45, 2.75) is 31.3 Å². The maximum absolute atomic E-state index is 12.2. The zero-order chi connectivity index (χ0) is 17.0. The van der Waals surface area contributed by atoms with Crippen molar-refractivity contribution < 1.29 is 18.0 Å². The molecule has 0 unspecified atom stereocenters. The molecule has 1 saturated carbocycles. The van der Waals surface area contributed by atoms with Crippen molar-refractivity contribution in [1.82, 2.24) is 10.6 Å².